The molecule has 14 heavy (non-hydrogen) atoms. The monoisotopic (exact) mass is 200 g/mol. The molecule has 1 rings (SSSR count). The Bertz CT molecular complexity index is 353. The topological polar surface area (TPSA) is 32.3 Å². The molecule has 3 nitrogen and oxygen atoms in total. The van der Waals surface area contributed by atoms with Crippen molar-refractivity contribution < 1.29 is 13.6 Å². The zero-order valence-electron chi connectivity index (χ0n) is 7.84. The molecule has 0 saturated heterocycles. The van der Waals surface area contributed by atoms with Gasteiger partial charge in [0.05, 0.1) is 0 Å². The molecular weight excluding hydrogens is 190 g/mol. The van der Waals surface area contributed by atoms with E-state index in [2.05, 4.69) is 5.43 Å². The highest BCUT2D eigenvalue weighted by atomic mass is 19.2. The minimum Gasteiger partial charge on any atom is -0.285 e. The molecule has 1 aromatic rings. The van der Waals surface area contributed by atoms with Crippen molar-refractivity contribution in [1.82, 2.24) is 10.4 Å². The van der Waals surface area contributed by atoms with Crippen molar-refractivity contribution in [3.8, 4) is 0 Å². The Morgan fingerprint density at radius 1 is 1.29 bits per heavy atom. The Hall–Kier alpha value is -1.49. The lowest BCUT2D eigenvalue weighted by Crippen LogP contribution is -2.36. The van der Waals surface area contributed by atoms with Crippen LogP contribution in [0.25, 0.3) is 0 Å². The average molecular weight is 200 g/mol. The molecule has 0 aliphatic carbocycles. The zero-order valence-corrected chi connectivity index (χ0v) is 7.84. The smallest absolute Gasteiger partial charge is 0.265 e. The molecule has 0 unspecified atom stereocenters. The molecule has 0 bridgehead atoms. The summed E-state index contributed by atoms with van der Waals surface area (Å²) in [6.07, 6.45) is 0. The van der Waals surface area contributed by atoms with Gasteiger partial charge in [-0.3, -0.25) is 10.2 Å². The summed E-state index contributed by atoms with van der Waals surface area (Å²) in [6, 6.07) is 2.99. The minimum atomic E-state index is -1.03. The van der Waals surface area contributed by atoms with Crippen LogP contribution in [-0.4, -0.2) is 25.0 Å². The lowest BCUT2D eigenvalue weighted by Gasteiger charge is -2.11. The van der Waals surface area contributed by atoms with Crippen LogP contribution in [0.5, 0.6) is 0 Å². The van der Waals surface area contributed by atoms with Crippen molar-refractivity contribution in [3.05, 3.63) is 35.4 Å². The fraction of sp³-hybridized carbons (Fsp3) is 0.222. The van der Waals surface area contributed by atoms with Gasteiger partial charge in [0.2, 0.25) is 0 Å². The van der Waals surface area contributed by atoms with Crippen LogP contribution in [0.1, 0.15) is 10.4 Å². The van der Waals surface area contributed by atoms with Crippen LogP contribution in [0.4, 0.5) is 8.78 Å². The van der Waals surface area contributed by atoms with E-state index in [1.165, 1.54) is 11.1 Å². The second-order valence-electron chi connectivity index (χ2n) is 2.96. The maximum absolute atomic E-state index is 12.7. The summed E-state index contributed by atoms with van der Waals surface area (Å²) >= 11 is 0. The summed E-state index contributed by atoms with van der Waals surface area (Å²) in [5.41, 5.74) is 2.49. The van der Waals surface area contributed by atoms with Crippen LogP contribution in [-0.2, 0) is 0 Å². The van der Waals surface area contributed by atoms with E-state index in [1.807, 2.05) is 0 Å². The third-order valence-electron chi connectivity index (χ3n) is 1.51. The van der Waals surface area contributed by atoms with Gasteiger partial charge < -0.3 is 0 Å². The Labute approximate surface area is 80.3 Å². The summed E-state index contributed by atoms with van der Waals surface area (Å²) < 4.78 is 25.2. The SMILES string of the molecule is CN(C)NC(=O)c1ccc(F)c(F)c1. The zero-order chi connectivity index (χ0) is 10.7. The van der Waals surface area contributed by atoms with Crippen LogP contribution in [0, 0.1) is 11.6 Å². The van der Waals surface area contributed by atoms with Crippen molar-refractivity contribution >= 4 is 5.91 Å². The van der Waals surface area contributed by atoms with Crippen LogP contribution < -0.4 is 5.43 Å². The Morgan fingerprint density at radius 2 is 1.93 bits per heavy atom. The molecule has 1 amide bonds. The number of halogens is 2. The first-order valence-corrected chi connectivity index (χ1v) is 3.94. The molecule has 76 valence electrons. The summed E-state index contributed by atoms with van der Waals surface area (Å²) in [5, 5.41) is 1.42. The number of nitrogens with one attached hydrogen (secondary N) is 1. The van der Waals surface area contributed by atoms with Gasteiger partial charge in [-0.2, -0.15) is 0 Å². The maximum atomic E-state index is 12.7. The molecule has 0 fully saturated rings. The van der Waals surface area contributed by atoms with Crippen molar-refractivity contribution in [3.63, 3.8) is 0 Å². The van der Waals surface area contributed by atoms with Crippen molar-refractivity contribution in [2.75, 3.05) is 14.1 Å². The van der Waals surface area contributed by atoms with E-state index < -0.39 is 17.5 Å². The molecule has 0 aromatic heterocycles. The predicted molar refractivity (Wildman–Crippen MR) is 47.5 cm³/mol. The van der Waals surface area contributed by atoms with Gasteiger partial charge in [0.25, 0.3) is 5.91 Å². The standard InChI is InChI=1S/C9H10F2N2O/c1-13(2)12-9(14)6-3-4-7(10)8(11)5-6/h3-5H,1-2H3,(H,12,14). The van der Waals surface area contributed by atoms with Crippen molar-refractivity contribution in [2.24, 2.45) is 0 Å². The Balaban J connectivity index is 2.86. The number of rotatable bonds is 2. The lowest BCUT2D eigenvalue weighted by molar-refractivity contribution is 0.0856. The van der Waals surface area contributed by atoms with Gasteiger partial charge in [0, 0.05) is 19.7 Å². The van der Waals surface area contributed by atoms with Gasteiger partial charge in [-0.1, -0.05) is 0 Å². The summed E-state index contributed by atoms with van der Waals surface area (Å²) in [7, 11) is 3.25. The van der Waals surface area contributed by atoms with E-state index in [4.69, 9.17) is 0 Å². The van der Waals surface area contributed by atoms with E-state index in [1.54, 1.807) is 14.1 Å². The van der Waals surface area contributed by atoms with E-state index in [-0.39, 0.29) is 5.56 Å². The molecule has 0 heterocycles. The normalized spacial score (nSPS) is 10.4. The molecule has 0 aliphatic rings. The van der Waals surface area contributed by atoms with E-state index in [9.17, 15) is 13.6 Å². The van der Waals surface area contributed by atoms with Gasteiger partial charge in [-0.05, 0) is 18.2 Å². The van der Waals surface area contributed by atoms with Crippen molar-refractivity contribution in [1.29, 1.82) is 0 Å². The third kappa shape index (κ3) is 2.50. The maximum Gasteiger partial charge on any atom is 0.265 e. The molecule has 0 aliphatic heterocycles. The van der Waals surface area contributed by atoms with Crippen LogP contribution in [0.3, 0.4) is 0 Å². The predicted octanol–water partition coefficient (Wildman–Crippen LogP) is 1.17. The number of carbonyl (C=O) groups is 1. The van der Waals surface area contributed by atoms with Crippen LogP contribution in [0.15, 0.2) is 18.2 Å². The Morgan fingerprint density at radius 3 is 2.43 bits per heavy atom. The van der Waals surface area contributed by atoms with Crippen LogP contribution in [0.2, 0.25) is 0 Å². The number of hydrazine groups is 1. The fourth-order valence-corrected chi connectivity index (χ4v) is 0.905. The molecular formula is C9H10F2N2O. The number of nitrogens with zero attached hydrogens (tertiary/aromatic N) is 1. The van der Waals surface area contributed by atoms with Gasteiger partial charge in [0.15, 0.2) is 11.6 Å². The number of hydrogen-bond donors (Lipinski definition) is 1. The second kappa shape index (κ2) is 4.15. The first-order valence-electron chi connectivity index (χ1n) is 3.94. The lowest BCUT2D eigenvalue weighted by atomic mass is 10.2. The number of hydrogen-bond acceptors (Lipinski definition) is 2. The first-order chi connectivity index (χ1) is 6.50. The van der Waals surface area contributed by atoms with Gasteiger partial charge in [-0.15, -0.1) is 0 Å². The van der Waals surface area contributed by atoms with Gasteiger partial charge in [-0.25, -0.2) is 13.8 Å². The molecule has 1 aromatic carbocycles. The minimum absolute atomic E-state index is 0.0811. The van der Waals surface area contributed by atoms with Gasteiger partial charge >= 0.3 is 0 Å². The second-order valence-corrected chi connectivity index (χ2v) is 2.96. The van der Waals surface area contributed by atoms with E-state index >= 15 is 0 Å². The number of benzene rings is 1. The highest BCUT2D eigenvalue weighted by Gasteiger charge is 2.09. The Kier molecular flexibility index (Phi) is 3.14. The number of carbonyl (C=O) groups excluding carboxylic acids is 1. The van der Waals surface area contributed by atoms with Crippen molar-refractivity contribution in [2.45, 2.75) is 0 Å². The molecule has 1 N–H and O–H groups in total. The number of amides is 1. The fourth-order valence-electron chi connectivity index (χ4n) is 0.905. The van der Waals surface area contributed by atoms with E-state index in [0.29, 0.717) is 0 Å². The quantitative estimate of drug-likeness (QED) is 0.727. The highest BCUT2D eigenvalue weighted by molar-refractivity contribution is 5.93. The summed E-state index contributed by atoms with van der Waals surface area (Å²) in [5.74, 6) is -2.48. The van der Waals surface area contributed by atoms with Crippen LogP contribution >= 0.6 is 0 Å². The van der Waals surface area contributed by atoms with E-state index in [0.717, 1.165) is 12.1 Å². The first kappa shape index (κ1) is 10.6. The molecule has 0 atom stereocenters. The molecule has 5 heteroatoms. The average Bonchev–Trinajstić information content (AvgIpc) is 2.08. The summed E-state index contributed by atoms with van der Waals surface area (Å²) in [6.45, 7) is 0. The molecule has 0 radical (unpaired) electrons. The summed E-state index contributed by atoms with van der Waals surface area (Å²) in [4.78, 5) is 11.3. The highest BCUT2D eigenvalue weighted by Crippen LogP contribution is 2.08. The molecule has 0 saturated carbocycles. The molecule has 0 spiro atoms. The largest absolute Gasteiger partial charge is 0.285 e. The van der Waals surface area contributed by atoms with Gasteiger partial charge in [0.1, 0.15) is 0 Å². The third-order valence-corrected chi connectivity index (χ3v) is 1.51.